The molecule has 0 radical (unpaired) electrons. The van der Waals surface area contributed by atoms with Crippen LogP contribution in [0.5, 0.6) is 5.75 Å². The maximum absolute atomic E-state index is 10.5. The van der Waals surface area contributed by atoms with Crippen molar-refractivity contribution in [2.24, 2.45) is 0 Å². The molecule has 0 spiro atoms. The molecule has 0 aliphatic rings. The van der Waals surface area contributed by atoms with Crippen molar-refractivity contribution in [3.05, 3.63) is 82.4 Å². The summed E-state index contributed by atoms with van der Waals surface area (Å²) in [6.07, 6.45) is 0. The molecule has 144 valence electrons. The molecule has 0 fully saturated rings. The normalized spacial score (nSPS) is 10.5. The number of hydrogen-bond acceptors (Lipinski definition) is 3. The minimum atomic E-state index is -0.994. The molecule has 0 saturated heterocycles. The van der Waals surface area contributed by atoms with Crippen molar-refractivity contribution in [3.8, 4) is 16.9 Å². The molecule has 28 heavy (non-hydrogen) atoms. The summed E-state index contributed by atoms with van der Waals surface area (Å²) in [5, 5.41) is 12.8. The van der Waals surface area contributed by atoms with Crippen LogP contribution in [0, 0.1) is 13.8 Å². The number of carboxylic acids is 1. The zero-order chi connectivity index (χ0) is 20.1. The van der Waals surface area contributed by atoms with Crippen LogP contribution in [0.4, 0.5) is 5.69 Å². The van der Waals surface area contributed by atoms with Gasteiger partial charge in [-0.15, -0.1) is 0 Å². The van der Waals surface area contributed by atoms with Gasteiger partial charge in [-0.25, -0.2) is 4.79 Å². The van der Waals surface area contributed by atoms with Gasteiger partial charge in [0.25, 0.3) is 0 Å². The Kier molecular flexibility index (Phi) is 6.22. The molecule has 0 aliphatic carbocycles. The monoisotopic (exact) mass is 395 g/mol. The first kappa shape index (κ1) is 19.8. The predicted molar refractivity (Wildman–Crippen MR) is 113 cm³/mol. The SMILES string of the molecule is Cc1cc(C)c(-c2cccc(CNc3ccc(OCC(=O)O)cc3)c2)c(Cl)c1. The van der Waals surface area contributed by atoms with E-state index in [-0.39, 0.29) is 6.61 Å². The number of ether oxygens (including phenoxy) is 1. The van der Waals surface area contributed by atoms with E-state index in [9.17, 15) is 4.79 Å². The molecule has 5 heteroatoms. The Morgan fingerprint density at radius 1 is 1.07 bits per heavy atom. The number of hydrogen-bond donors (Lipinski definition) is 2. The van der Waals surface area contributed by atoms with Crippen molar-refractivity contribution in [1.82, 2.24) is 0 Å². The van der Waals surface area contributed by atoms with Crippen molar-refractivity contribution < 1.29 is 14.6 Å². The van der Waals surface area contributed by atoms with Crippen LogP contribution in [-0.2, 0) is 11.3 Å². The lowest BCUT2D eigenvalue weighted by Gasteiger charge is -2.13. The highest BCUT2D eigenvalue weighted by atomic mass is 35.5. The lowest BCUT2D eigenvalue weighted by Crippen LogP contribution is -2.09. The number of halogens is 1. The minimum absolute atomic E-state index is 0.347. The van der Waals surface area contributed by atoms with Gasteiger partial charge in [0.05, 0.1) is 0 Å². The third-order valence-electron chi connectivity index (χ3n) is 4.36. The molecule has 0 aliphatic heterocycles. The molecule has 4 nitrogen and oxygen atoms in total. The Bertz CT molecular complexity index is 960. The van der Waals surface area contributed by atoms with Gasteiger partial charge in [-0.2, -0.15) is 0 Å². The average Bonchev–Trinajstić information content (AvgIpc) is 2.65. The molecule has 3 aromatic rings. The largest absolute Gasteiger partial charge is 0.482 e. The van der Waals surface area contributed by atoms with Gasteiger partial charge in [0, 0.05) is 22.8 Å². The molecule has 3 rings (SSSR count). The van der Waals surface area contributed by atoms with Crippen molar-refractivity contribution in [1.29, 1.82) is 0 Å². The summed E-state index contributed by atoms with van der Waals surface area (Å²) in [6, 6.07) is 19.7. The van der Waals surface area contributed by atoms with Crippen LogP contribution in [0.25, 0.3) is 11.1 Å². The van der Waals surface area contributed by atoms with Crippen LogP contribution < -0.4 is 10.1 Å². The number of carboxylic acid groups (broad SMARTS) is 1. The maximum atomic E-state index is 10.5. The molecule has 0 atom stereocenters. The number of anilines is 1. The first-order valence-electron chi connectivity index (χ1n) is 8.97. The highest BCUT2D eigenvalue weighted by molar-refractivity contribution is 6.33. The van der Waals surface area contributed by atoms with E-state index in [0.717, 1.165) is 38.5 Å². The van der Waals surface area contributed by atoms with Gasteiger partial charge >= 0.3 is 5.97 Å². The summed E-state index contributed by atoms with van der Waals surface area (Å²) >= 11 is 6.49. The zero-order valence-corrected chi connectivity index (χ0v) is 16.6. The van der Waals surface area contributed by atoms with Gasteiger partial charge in [0.1, 0.15) is 5.75 Å². The van der Waals surface area contributed by atoms with Gasteiger partial charge in [-0.3, -0.25) is 0 Å². The second kappa shape index (κ2) is 8.81. The first-order chi connectivity index (χ1) is 13.4. The fourth-order valence-corrected chi connectivity index (χ4v) is 3.57. The topological polar surface area (TPSA) is 58.6 Å². The van der Waals surface area contributed by atoms with Crippen molar-refractivity contribution in [3.63, 3.8) is 0 Å². The minimum Gasteiger partial charge on any atom is -0.482 e. The Morgan fingerprint density at radius 3 is 2.50 bits per heavy atom. The van der Waals surface area contributed by atoms with Gasteiger partial charge in [-0.1, -0.05) is 35.9 Å². The molecule has 0 saturated carbocycles. The molecule has 0 aromatic heterocycles. The fraction of sp³-hybridized carbons (Fsp3) is 0.174. The number of nitrogens with one attached hydrogen (secondary N) is 1. The number of aliphatic carboxylic acids is 1. The number of benzene rings is 3. The van der Waals surface area contributed by atoms with Gasteiger partial charge in [-0.05, 0) is 72.5 Å². The highest BCUT2D eigenvalue weighted by Gasteiger charge is 2.09. The van der Waals surface area contributed by atoms with E-state index in [1.165, 1.54) is 0 Å². The van der Waals surface area contributed by atoms with E-state index in [1.54, 1.807) is 12.1 Å². The van der Waals surface area contributed by atoms with Crippen LogP contribution in [0.15, 0.2) is 60.7 Å². The Balaban J connectivity index is 1.69. The van der Waals surface area contributed by atoms with Crippen LogP contribution in [0.2, 0.25) is 5.02 Å². The summed E-state index contributed by atoms with van der Waals surface area (Å²) in [7, 11) is 0. The van der Waals surface area contributed by atoms with E-state index in [4.69, 9.17) is 21.4 Å². The molecule has 3 aromatic carbocycles. The quantitative estimate of drug-likeness (QED) is 0.538. The van der Waals surface area contributed by atoms with E-state index in [1.807, 2.05) is 31.2 Å². The van der Waals surface area contributed by atoms with Crippen LogP contribution >= 0.6 is 11.6 Å². The molecule has 0 amide bonds. The van der Waals surface area contributed by atoms with Crippen molar-refractivity contribution >= 4 is 23.3 Å². The first-order valence-corrected chi connectivity index (χ1v) is 9.35. The third kappa shape index (κ3) is 5.05. The molecular weight excluding hydrogens is 374 g/mol. The van der Waals surface area contributed by atoms with Crippen LogP contribution in [0.1, 0.15) is 16.7 Å². The Hall–Kier alpha value is -2.98. The molecule has 0 heterocycles. The molecule has 0 bridgehead atoms. The van der Waals surface area contributed by atoms with Crippen LogP contribution in [-0.4, -0.2) is 17.7 Å². The highest BCUT2D eigenvalue weighted by Crippen LogP contribution is 2.32. The smallest absolute Gasteiger partial charge is 0.341 e. The number of rotatable bonds is 7. The van der Waals surface area contributed by atoms with Crippen LogP contribution in [0.3, 0.4) is 0 Å². The molecule has 2 N–H and O–H groups in total. The molecule has 0 unspecified atom stereocenters. The van der Waals surface area contributed by atoms with E-state index < -0.39 is 5.97 Å². The summed E-state index contributed by atoms with van der Waals surface area (Å²) < 4.78 is 5.14. The molecular formula is C23H22ClNO3. The van der Waals surface area contributed by atoms with Gasteiger partial charge < -0.3 is 15.2 Å². The summed E-state index contributed by atoms with van der Waals surface area (Å²) in [5.41, 5.74) is 6.54. The standard InChI is InChI=1S/C23H22ClNO3/c1-15-10-16(2)23(21(24)11-15)18-5-3-4-17(12-18)13-25-19-6-8-20(9-7-19)28-14-22(26)27/h3-12,25H,13-14H2,1-2H3,(H,26,27). The van der Waals surface area contributed by atoms with E-state index in [0.29, 0.717) is 12.3 Å². The maximum Gasteiger partial charge on any atom is 0.341 e. The van der Waals surface area contributed by atoms with Crippen molar-refractivity contribution in [2.45, 2.75) is 20.4 Å². The lowest BCUT2D eigenvalue weighted by atomic mass is 9.97. The fourth-order valence-electron chi connectivity index (χ4n) is 3.14. The summed E-state index contributed by atoms with van der Waals surface area (Å²) in [5.74, 6) is -0.467. The van der Waals surface area contributed by atoms with Gasteiger partial charge in [0.2, 0.25) is 0 Å². The zero-order valence-electron chi connectivity index (χ0n) is 15.8. The second-order valence-corrected chi connectivity index (χ2v) is 7.11. The Morgan fingerprint density at radius 2 is 1.82 bits per heavy atom. The van der Waals surface area contributed by atoms with E-state index in [2.05, 4.69) is 36.5 Å². The summed E-state index contributed by atoms with van der Waals surface area (Å²) in [6.45, 7) is 4.43. The average molecular weight is 396 g/mol. The number of carbonyl (C=O) groups is 1. The number of aryl methyl sites for hydroxylation is 2. The van der Waals surface area contributed by atoms with E-state index >= 15 is 0 Å². The second-order valence-electron chi connectivity index (χ2n) is 6.70. The lowest BCUT2D eigenvalue weighted by molar-refractivity contribution is -0.139. The summed E-state index contributed by atoms with van der Waals surface area (Å²) in [4.78, 5) is 10.5. The Labute approximate surface area is 169 Å². The predicted octanol–water partition coefficient (Wildman–Crippen LogP) is 5.70. The van der Waals surface area contributed by atoms with Crippen molar-refractivity contribution in [2.75, 3.05) is 11.9 Å². The third-order valence-corrected chi connectivity index (χ3v) is 4.66. The van der Waals surface area contributed by atoms with Gasteiger partial charge in [0.15, 0.2) is 6.61 Å².